The minimum Gasteiger partial charge on any atom is -0.355 e. The average molecular weight is 213 g/mol. The molecule has 0 aliphatic carbocycles. The van der Waals surface area contributed by atoms with E-state index in [1.165, 1.54) is 12.8 Å². The fourth-order valence-corrected chi connectivity index (χ4v) is 1.87. The molecule has 1 atom stereocenters. The van der Waals surface area contributed by atoms with Crippen LogP contribution in [0.5, 0.6) is 0 Å². The van der Waals surface area contributed by atoms with Crippen LogP contribution >= 0.6 is 0 Å². The molecule has 4 nitrogen and oxygen atoms in total. The van der Waals surface area contributed by atoms with E-state index in [4.69, 9.17) is 5.73 Å². The maximum absolute atomic E-state index is 11.5. The number of hydrogen-bond acceptors (Lipinski definition) is 3. The standard InChI is InChI=1S/C11H23N3O/c1-2-3-4-6-13-11(15)9-14-7-5-10(12)8-14/h10H,2-9,12H2,1H3,(H,13,15). The molecule has 0 aromatic rings. The monoisotopic (exact) mass is 213 g/mol. The molecular formula is C11H23N3O. The van der Waals surface area contributed by atoms with E-state index >= 15 is 0 Å². The van der Waals surface area contributed by atoms with Crippen LogP contribution in [0.2, 0.25) is 0 Å². The van der Waals surface area contributed by atoms with Gasteiger partial charge in [-0.1, -0.05) is 19.8 Å². The molecule has 1 rings (SSSR count). The van der Waals surface area contributed by atoms with Gasteiger partial charge in [0.2, 0.25) is 5.91 Å². The van der Waals surface area contributed by atoms with E-state index in [1.54, 1.807) is 0 Å². The summed E-state index contributed by atoms with van der Waals surface area (Å²) >= 11 is 0. The molecule has 3 N–H and O–H groups in total. The zero-order chi connectivity index (χ0) is 11.1. The molecular weight excluding hydrogens is 190 g/mol. The third kappa shape index (κ3) is 5.14. The lowest BCUT2D eigenvalue weighted by molar-refractivity contribution is -0.122. The fraction of sp³-hybridized carbons (Fsp3) is 0.909. The summed E-state index contributed by atoms with van der Waals surface area (Å²) in [5.41, 5.74) is 5.77. The van der Waals surface area contributed by atoms with Crippen LogP contribution in [-0.2, 0) is 4.79 Å². The first kappa shape index (κ1) is 12.5. The van der Waals surface area contributed by atoms with Gasteiger partial charge < -0.3 is 11.1 Å². The first-order valence-corrected chi connectivity index (χ1v) is 5.97. The number of nitrogens with one attached hydrogen (secondary N) is 1. The van der Waals surface area contributed by atoms with Crippen LogP contribution in [0, 0.1) is 0 Å². The first-order chi connectivity index (χ1) is 7.22. The summed E-state index contributed by atoms with van der Waals surface area (Å²) in [7, 11) is 0. The number of rotatable bonds is 6. The van der Waals surface area contributed by atoms with Gasteiger partial charge in [-0.3, -0.25) is 9.69 Å². The summed E-state index contributed by atoms with van der Waals surface area (Å²) in [6.45, 7) is 5.31. The Bertz CT molecular complexity index is 196. The molecule has 0 radical (unpaired) electrons. The highest BCUT2D eigenvalue weighted by Crippen LogP contribution is 2.05. The summed E-state index contributed by atoms with van der Waals surface area (Å²) in [4.78, 5) is 13.6. The molecule has 4 heteroatoms. The van der Waals surface area contributed by atoms with Gasteiger partial charge in [0.15, 0.2) is 0 Å². The molecule has 1 aliphatic rings. The first-order valence-electron chi connectivity index (χ1n) is 5.97. The lowest BCUT2D eigenvalue weighted by Crippen LogP contribution is -2.37. The topological polar surface area (TPSA) is 58.4 Å². The van der Waals surface area contributed by atoms with Crippen molar-refractivity contribution in [2.24, 2.45) is 5.73 Å². The van der Waals surface area contributed by atoms with Crippen molar-refractivity contribution in [3.05, 3.63) is 0 Å². The van der Waals surface area contributed by atoms with Crippen molar-refractivity contribution in [3.8, 4) is 0 Å². The molecule has 0 aromatic carbocycles. The predicted molar refractivity (Wildman–Crippen MR) is 61.6 cm³/mol. The molecule has 1 heterocycles. The van der Waals surface area contributed by atoms with Gasteiger partial charge in [-0.05, 0) is 12.8 Å². The fourth-order valence-electron chi connectivity index (χ4n) is 1.87. The Kier molecular flexibility index (Phi) is 5.65. The summed E-state index contributed by atoms with van der Waals surface area (Å²) in [6, 6.07) is 0.262. The number of unbranched alkanes of at least 4 members (excludes halogenated alkanes) is 2. The van der Waals surface area contributed by atoms with Crippen LogP contribution in [-0.4, -0.2) is 43.0 Å². The van der Waals surface area contributed by atoms with Crippen molar-refractivity contribution in [1.29, 1.82) is 0 Å². The maximum atomic E-state index is 11.5. The molecule has 1 aliphatic heterocycles. The predicted octanol–water partition coefficient (Wildman–Crippen LogP) is 0.326. The van der Waals surface area contributed by atoms with Gasteiger partial charge in [-0.25, -0.2) is 0 Å². The largest absolute Gasteiger partial charge is 0.355 e. The van der Waals surface area contributed by atoms with E-state index in [-0.39, 0.29) is 11.9 Å². The van der Waals surface area contributed by atoms with Crippen LogP contribution < -0.4 is 11.1 Å². The van der Waals surface area contributed by atoms with Crippen molar-refractivity contribution in [3.63, 3.8) is 0 Å². The Morgan fingerprint density at radius 2 is 2.33 bits per heavy atom. The Morgan fingerprint density at radius 1 is 1.53 bits per heavy atom. The van der Waals surface area contributed by atoms with E-state index in [2.05, 4.69) is 17.1 Å². The number of amides is 1. The van der Waals surface area contributed by atoms with Gasteiger partial charge in [0.1, 0.15) is 0 Å². The number of nitrogens with two attached hydrogens (primary N) is 1. The highest BCUT2D eigenvalue weighted by Gasteiger charge is 2.20. The van der Waals surface area contributed by atoms with Crippen molar-refractivity contribution in [2.45, 2.75) is 38.6 Å². The second kappa shape index (κ2) is 6.80. The molecule has 1 amide bonds. The van der Waals surface area contributed by atoms with E-state index in [9.17, 15) is 4.79 Å². The smallest absolute Gasteiger partial charge is 0.234 e. The van der Waals surface area contributed by atoms with Crippen LogP contribution in [0.25, 0.3) is 0 Å². The van der Waals surface area contributed by atoms with Gasteiger partial charge in [-0.15, -0.1) is 0 Å². The third-order valence-electron chi connectivity index (χ3n) is 2.78. The molecule has 1 fully saturated rings. The van der Waals surface area contributed by atoms with Gasteiger partial charge in [0.25, 0.3) is 0 Å². The summed E-state index contributed by atoms with van der Waals surface area (Å²) in [5.74, 6) is 0.139. The van der Waals surface area contributed by atoms with Gasteiger partial charge in [0.05, 0.1) is 6.54 Å². The van der Waals surface area contributed by atoms with Gasteiger partial charge >= 0.3 is 0 Å². The Hall–Kier alpha value is -0.610. The molecule has 1 unspecified atom stereocenters. The molecule has 0 bridgehead atoms. The lowest BCUT2D eigenvalue weighted by Gasteiger charge is -2.14. The summed E-state index contributed by atoms with van der Waals surface area (Å²) in [6.07, 6.45) is 4.48. The third-order valence-corrected chi connectivity index (χ3v) is 2.78. The highest BCUT2D eigenvalue weighted by molar-refractivity contribution is 5.78. The Morgan fingerprint density at radius 3 is 2.93 bits per heavy atom. The van der Waals surface area contributed by atoms with Crippen LogP contribution in [0.15, 0.2) is 0 Å². The van der Waals surface area contributed by atoms with Crippen molar-refractivity contribution in [1.82, 2.24) is 10.2 Å². The highest BCUT2D eigenvalue weighted by atomic mass is 16.2. The normalized spacial score (nSPS) is 21.9. The van der Waals surface area contributed by atoms with Crippen molar-refractivity contribution < 1.29 is 4.79 Å². The van der Waals surface area contributed by atoms with Gasteiger partial charge in [-0.2, -0.15) is 0 Å². The zero-order valence-electron chi connectivity index (χ0n) is 9.67. The van der Waals surface area contributed by atoms with Crippen LogP contribution in [0.1, 0.15) is 32.6 Å². The van der Waals surface area contributed by atoms with Crippen LogP contribution in [0.3, 0.4) is 0 Å². The molecule has 88 valence electrons. The molecule has 0 saturated carbocycles. The van der Waals surface area contributed by atoms with E-state index in [0.717, 1.165) is 32.5 Å². The number of carbonyl (C=O) groups is 1. The molecule has 0 spiro atoms. The SMILES string of the molecule is CCCCCNC(=O)CN1CCC(N)C1. The van der Waals surface area contributed by atoms with E-state index in [1.807, 2.05) is 0 Å². The molecule has 0 aromatic heterocycles. The zero-order valence-corrected chi connectivity index (χ0v) is 9.67. The lowest BCUT2D eigenvalue weighted by atomic mass is 10.2. The van der Waals surface area contributed by atoms with E-state index < -0.39 is 0 Å². The minimum absolute atomic E-state index is 0.139. The van der Waals surface area contributed by atoms with E-state index in [0.29, 0.717) is 6.54 Å². The minimum atomic E-state index is 0.139. The Balaban J connectivity index is 2.03. The number of carbonyl (C=O) groups excluding carboxylic acids is 1. The number of hydrogen-bond donors (Lipinski definition) is 2. The number of likely N-dealkylation sites (tertiary alicyclic amines) is 1. The van der Waals surface area contributed by atoms with Crippen LogP contribution in [0.4, 0.5) is 0 Å². The average Bonchev–Trinajstić information content (AvgIpc) is 2.59. The second-order valence-corrected chi connectivity index (χ2v) is 4.34. The quantitative estimate of drug-likeness (QED) is 0.625. The molecule has 1 saturated heterocycles. The second-order valence-electron chi connectivity index (χ2n) is 4.34. The summed E-state index contributed by atoms with van der Waals surface area (Å²) < 4.78 is 0. The van der Waals surface area contributed by atoms with Crippen molar-refractivity contribution in [2.75, 3.05) is 26.2 Å². The maximum Gasteiger partial charge on any atom is 0.234 e. The van der Waals surface area contributed by atoms with Crippen molar-refractivity contribution >= 4 is 5.91 Å². The Labute approximate surface area is 92.2 Å². The number of nitrogens with zero attached hydrogens (tertiary/aromatic N) is 1. The van der Waals surface area contributed by atoms with Gasteiger partial charge in [0, 0.05) is 25.7 Å². The summed E-state index contributed by atoms with van der Waals surface area (Å²) in [5, 5.41) is 2.94. The molecule has 15 heavy (non-hydrogen) atoms.